The van der Waals surface area contributed by atoms with Crippen molar-refractivity contribution in [1.29, 1.82) is 0 Å². The number of aliphatic imine (C=N–C) groups is 1. The number of benzene rings is 2. The van der Waals surface area contributed by atoms with Gasteiger partial charge in [0.1, 0.15) is 16.4 Å². The number of carbonyl (C=O) groups is 1. The smallest absolute Gasteiger partial charge is 0.271 e. The van der Waals surface area contributed by atoms with Gasteiger partial charge in [0, 0.05) is 30.4 Å². The molecule has 1 aromatic heterocycles. The van der Waals surface area contributed by atoms with Gasteiger partial charge in [-0.2, -0.15) is 0 Å². The molecule has 0 saturated carbocycles. The monoisotopic (exact) mass is 492 g/mol. The molecule has 0 radical (unpaired) electrons. The predicted molar refractivity (Wildman–Crippen MR) is 143 cm³/mol. The number of anilines is 2. The molecule has 2 heterocycles. The number of nitrogens with two attached hydrogens (primary N) is 1. The van der Waals surface area contributed by atoms with Gasteiger partial charge in [-0.1, -0.05) is 18.2 Å². The maximum Gasteiger partial charge on any atom is 0.271 e. The van der Waals surface area contributed by atoms with Crippen molar-refractivity contribution in [3.05, 3.63) is 80.6 Å². The van der Waals surface area contributed by atoms with Crippen LogP contribution in [0.2, 0.25) is 0 Å². The fraction of sp³-hybridized carbons (Fsp3) is 0.346. The minimum Gasteiger partial charge on any atom is -0.383 e. The Bertz CT molecular complexity index is 1310. The zero-order valence-corrected chi connectivity index (χ0v) is 21.6. The van der Waals surface area contributed by atoms with Crippen LogP contribution in [0.25, 0.3) is 0 Å². The summed E-state index contributed by atoms with van der Waals surface area (Å²) in [5.41, 5.74) is 11.1. The zero-order valence-electron chi connectivity index (χ0n) is 20.8. The maximum absolute atomic E-state index is 13.3. The van der Waals surface area contributed by atoms with Gasteiger partial charge < -0.3 is 20.9 Å². The highest BCUT2D eigenvalue weighted by atomic mass is 32.1. The zero-order chi connectivity index (χ0) is 25.3. The first kappa shape index (κ1) is 24.7. The van der Waals surface area contributed by atoms with Crippen molar-refractivity contribution in [2.75, 3.05) is 19.4 Å². The van der Waals surface area contributed by atoms with Crippen LogP contribution in [-0.2, 0) is 13.1 Å². The van der Waals surface area contributed by atoms with E-state index < -0.39 is 0 Å². The van der Waals surface area contributed by atoms with E-state index in [0.717, 1.165) is 12.2 Å². The highest BCUT2D eigenvalue weighted by Gasteiger charge is 2.31. The van der Waals surface area contributed by atoms with Gasteiger partial charge in [0.05, 0.1) is 6.04 Å². The molecule has 0 aliphatic carbocycles. The van der Waals surface area contributed by atoms with E-state index in [9.17, 15) is 9.59 Å². The van der Waals surface area contributed by atoms with Crippen LogP contribution in [0, 0.1) is 0 Å². The number of amidine groups is 1. The number of aromatic amines is 1. The number of carbonyl (C=O) groups excluding carboxylic acids is 1. The lowest BCUT2D eigenvalue weighted by molar-refractivity contribution is 0.0705. The second-order valence-corrected chi connectivity index (χ2v) is 10.2. The summed E-state index contributed by atoms with van der Waals surface area (Å²) >= 11 is 1.17. The molecule has 3 aromatic rings. The Morgan fingerprint density at radius 2 is 1.97 bits per heavy atom. The molecule has 0 spiro atoms. The molecule has 1 unspecified atom stereocenters. The van der Waals surface area contributed by atoms with Gasteiger partial charge in [-0.15, -0.1) is 0 Å². The minimum atomic E-state index is -0.275. The Kier molecular flexibility index (Phi) is 7.09. The van der Waals surface area contributed by atoms with E-state index in [2.05, 4.69) is 58.8 Å². The summed E-state index contributed by atoms with van der Waals surface area (Å²) < 4.78 is 2.71. The van der Waals surface area contributed by atoms with Crippen molar-refractivity contribution in [1.82, 2.24) is 14.2 Å². The largest absolute Gasteiger partial charge is 0.383 e. The lowest BCUT2D eigenvalue weighted by Crippen LogP contribution is -2.28. The number of fused-ring (bicyclic) bond motifs is 1. The fourth-order valence-electron chi connectivity index (χ4n) is 4.34. The molecule has 35 heavy (non-hydrogen) atoms. The van der Waals surface area contributed by atoms with E-state index in [-0.39, 0.29) is 29.4 Å². The Labute approximate surface area is 209 Å². The lowest BCUT2D eigenvalue weighted by Gasteiger charge is -2.22. The second kappa shape index (κ2) is 10.1. The third-order valence-electron chi connectivity index (χ3n) is 5.97. The average molecular weight is 493 g/mol. The molecule has 0 fully saturated rings. The van der Waals surface area contributed by atoms with Crippen molar-refractivity contribution in [3.8, 4) is 0 Å². The molecule has 9 heteroatoms. The number of amides is 1. The maximum atomic E-state index is 13.3. The number of nitrogens with zero attached hydrogens (tertiary/aromatic N) is 3. The molecular weight excluding hydrogens is 460 g/mol. The van der Waals surface area contributed by atoms with E-state index in [1.165, 1.54) is 28.2 Å². The van der Waals surface area contributed by atoms with Gasteiger partial charge in [-0.25, -0.2) is 0 Å². The lowest BCUT2D eigenvalue weighted by atomic mass is 10.0. The van der Waals surface area contributed by atoms with Gasteiger partial charge in [0.2, 0.25) is 0 Å². The summed E-state index contributed by atoms with van der Waals surface area (Å²) in [5.74, 6) is 0.197. The van der Waals surface area contributed by atoms with Crippen LogP contribution in [0.15, 0.2) is 52.3 Å². The highest BCUT2D eigenvalue weighted by molar-refractivity contribution is 7.10. The topological polar surface area (TPSA) is 107 Å². The summed E-state index contributed by atoms with van der Waals surface area (Å²) in [6.07, 6.45) is 0. The molecule has 1 aliphatic rings. The summed E-state index contributed by atoms with van der Waals surface area (Å²) in [6.45, 7) is 7.36. The second-order valence-electron chi connectivity index (χ2n) is 9.43. The van der Waals surface area contributed by atoms with E-state index in [4.69, 9.17) is 5.73 Å². The minimum absolute atomic E-state index is 0.00490. The molecule has 0 saturated heterocycles. The quantitative estimate of drug-likeness (QED) is 0.340. The Hall–Kier alpha value is -3.43. The average Bonchev–Trinajstić information content (AvgIpc) is 3.32. The van der Waals surface area contributed by atoms with Crippen LogP contribution in [0.4, 0.5) is 10.7 Å². The number of nitrogens with one attached hydrogen (secondary N) is 2. The predicted octanol–water partition coefficient (Wildman–Crippen LogP) is 4.07. The number of hydrogen-bond donors (Lipinski definition) is 3. The SMILES string of the molecule is CC(C)N=C(N)c1c(Nc2ccc(C(=O)N3Cc4ccc(CN(C)C)cc4C3C)cc2)s[nH]c1=O. The summed E-state index contributed by atoms with van der Waals surface area (Å²) in [6, 6.07) is 13.8. The molecule has 0 bridgehead atoms. The van der Waals surface area contributed by atoms with Crippen molar-refractivity contribution in [3.63, 3.8) is 0 Å². The van der Waals surface area contributed by atoms with Crippen molar-refractivity contribution in [2.45, 2.75) is 45.9 Å². The van der Waals surface area contributed by atoms with Gasteiger partial charge in [0.15, 0.2) is 0 Å². The van der Waals surface area contributed by atoms with E-state index in [1.807, 2.05) is 30.9 Å². The van der Waals surface area contributed by atoms with Crippen LogP contribution in [0.5, 0.6) is 0 Å². The number of hydrogen-bond acceptors (Lipinski definition) is 6. The fourth-order valence-corrected chi connectivity index (χ4v) is 5.10. The third kappa shape index (κ3) is 5.31. The van der Waals surface area contributed by atoms with Gasteiger partial charge in [-0.05, 0) is 87.4 Å². The van der Waals surface area contributed by atoms with Crippen molar-refractivity contribution < 1.29 is 4.79 Å². The normalized spacial score (nSPS) is 15.7. The van der Waals surface area contributed by atoms with Crippen molar-refractivity contribution >= 4 is 34.0 Å². The molecule has 8 nitrogen and oxygen atoms in total. The van der Waals surface area contributed by atoms with Crippen LogP contribution in [-0.4, -0.2) is 46.1 Å². The molecule has 4 rings (SSSR count). The standard InChI is InChI=1S/C26H32N6O2S/c1-15(2)28-23(27)22-24(33)30-35-25(22)29-20-10-8-18(9-11-20)26(34)32-14-19-7-6-17(13-31(4)5)12-21(19)16(32)3/h6-12,15-16,29H,13-14H2,1-5H3,(H2,27,28)(H,30,33). The highest BCUT2D eigenvalue weighted by Crippen LogP contribution is 2.35. The van der Waals surface area contributed by atoms with Crippen LogP contribution in [0.1, 0.15) is 59.4 Å². The third-order valence-corrected chi connectivity index (χ3v) is 6.77. The Morgan fingerprint density at radius 3 is 2.63 bits per heavy atom. The van der Waals surface area contributed by atoms with Crippen LogP contribution in [0.3, 0.4) is 0 Å². The summed E-state index contributed by atoms with van der Waals surface area (Å²) in [4.78, 5) is 33.9. The molecule has 1 amide bonds. The number of aromatic nitrogens is 1. The number of rotatable bonds is 7. The first-order valence-corrected chi connectivity index (χ1v) is 12.4. The van der Waals surface area contributed by atoms with Gasteiger partial charge in [0.25, 0.3) is 11.5 Å². The first-order chi connectivity index (χ1) is 16.6. The van der Waals surface area contributed by atoms with Crippen molar-refractivity contribution in [2.24, 2.45) is 10.7 Å². The Balaban J connectivity index is 1.49. The first-order valence-electron chi connectivity index (χ1n) is 11.6. The molecular formula is C26H32N6O2S. The summed E-state index contributed by atoms with van der Waals surface area (Å²) in [5, 5.41) is 3.82. The molecule has 2 aromatic carbocycles. The number of H-pyrrole nitrogens is 1. The molecule has 184 valence electrons. The Morgan fingerprint density at radius 1 is 1.26 bits per heavy atom. The van der Waals surface area contributed by atoms with Gasteiger partial charge >= 0.3 is 0 Å². The molecule has 1 atom stereocenters. The van der Waals surface area contributed by atoms with Crippen LogP contribution < -0.4 is 16.6 Å². The van der Waals surface area contributed by atoms with Crippen LogP contribution >= 0.6 is 11.5 Å². The molecule has 1 aliphatic heterocycles. The summed E-state index contributed by atoms with van der Waals surface area (Å²) in [7, 11) is 4.10. The van der Waals surface area contributed by atoms with E-state index in [0.29, 0.717) is 22.7 Å². The van der Waals surface area contributed by atoms with E-state index in [1.54, 1.807) is 12.1 Å². The molecule has 4 N–H and O–H groups in total. The van der Waals surface area contributed by atoms with Gasteiger partial charge in [-0.3, -0.25) is 19.0 Å². The van der Waals surface area contributed by atoms with E-state index >= 15 is 0 Å².